The summed E-state index contributed by atoms with van der Waals surface area (Å²) >= 11 is 0. The van der Waals surface area contributed by atoms with Crippen LogP contribution in [0.25, 0.3) is 0 Å². The van der Waals surface area contributed by atoms with E-state index in [1.165, 1.54) is 12.8 Å². The minimum Gasteiger partial charge on any atom is -0.397 e. The van der Waals surface area contributed by atoms with Crippen molar-refractivity contribution in [2.24, 2.45) is 5.84 Å². The van der Waals surface area contributed by atoms with E-state index >= 15 is 0 Å². The van der Waals surface area contributed by atoms with E-state index in [2.05, 4.69) is 6.92 Å². The van der Waals surface area contributed by atoms with Gasteiger partial charge in [-0.25, -0.2) is 5.84 Å². The first-order valence-corrected chi connectivity index (χ1v) is 5.12. The highest BCUT2D eigenvalue weighted by molar-refractivity contribution is 5.66. The van der Waals surface area contributed by atoms with Gasteiger partial charge in [-0.05, 0) is 18.6 Å². The molecular weight excluding hydrogens is 174 g/mol. The second-order valence-electron chi connectivity index (χ2n) is 3.46. The standard InChI is InChI=1S/C11H19N3/c1-2-3-6-9-14(13)11-8-5-4-7-10(11)12/h4-5,7-8H,2-3,6,9,12-13H2,1H3. The number of nitrogens with two attached hydrogens (primary N) is 2. The smallest absolute Gasteiger partial charge is 0.0746 e. The number of unbranched alkanes of at least 4 members (excludes halogenated alkanes) is 2. The van der Waals surface area contributed by atoms with Crippen LogP contribution in [-0.2, 0) is 0 Å². The van der Waals surface area contributed by atoms with Crippen molar-refractivity contribution < 1.29 is 0 Å². The molecule has 1 aromatic carbocycles. The lowest BCUT2D eigenvalue weighted by Gasteiger charge is -2.19. The molecule has 0 aliphatic rings. The molecule has 0 aliphatic carbocycles. The molecular formula is C11H19N3. The van der Waals surface area contributed by atoms with Crippen LogP contribution in [0.1, 0.15) is 26.2 Å². The second kappa shape index (κ2) is 5.50. The summed E-state index contributed by atoms with van der Waals surface area (Å²) < 4.78 is 0. The molecule has 0 amide bonds. The van der Waals surface area contributed by atoms with E-state index in [-0.39, 0.29) is 0 Å². The summed E-state index contributed by atoms with van der Waals surface area (Å²) in [5.74, 6) is 5.89. The minimum absolute atomic E-state index is 0.742. The lowest BCUT2D eigenvalue weighted by atomic mass is 10.2. The summed E-state index contributed by atoms with van der Waals surface area (Å²) in [6.07, 6.45) is 3.53. The summed E-state index contributed by atoms with van der Waals surface area (Å²) in [6.45, 7) is 3.04. The summed E-state index contributed by atoms with van der Waals surface area (Å²) in [4.78, 5) is 0. The predicted molar refractivity (Wildman–Crippen MR) is 61.9 cm³/mol. The number of hydrazine groups is 1. The Morgan fingerprint density at radius 2 is 1.93 bits per heavy atom. The van der Waals surface area contributed by atoms with Crippen LogP contribution in [0.15, 0.2) is 24.3 Å². The number of nitrogen functional groups attached to an aromatic ring is 1. The Bertz CT molecular complexity index is 273. The molecule has 3 nitrogen and oxygen atoms in total. The molecule has 1 aromatic rings. The zero-order valence-electron chi connectivity index (χ0n) is 8.74. The third-order valence-electron chi connectivity index (χ3n) is 2.25. The van der Waals surface area contributed by atoms with Gasteiger partial charge >= 0.3 is 0 Å². The Labute approximate surface area is 85.7 Å². The summed E-state index contributed by atoms with van der Waals surface area (Å²) in [5, 5.41) is 1.73. The van der Waals surface area contributed by atoms with E-state index in [0.717, 1.165) is 24.3 Å². The number of hydrogen-bond acceptors (Lipinski definition) is 3. The molecule has 0 saturated heterocycles. The number of para-hydroxylation sites is 2. The molecule has 0 unspecified atom stereocenters. The Morgan fingerprint density at radius 3 is 2.57 bits per heavy atom. The maximum Gasteiger partial charge on any atom is 0.0746 e. The highest BCUT2D eigenvalue weighted by Crippen LogP contribution is 2.19. The molecule has 0 spiro atoms. The predicted octanol–water partition coefficient (Wildman–Crippen LogP) is 2.14. The van der Waals surface area contributed by atoms with Crippen molar-refractivity contribution >= 4 is 11.4 Å². The Morgan fingerprint density at radius 1 is 1.21 bits per heavy atom. The number of benzene rings is 1. The fraction of sp³-hybridized carbons (Fsp3) is 0.455. The molecule has 78 valence electrons. The van der Waals surface area contributed by atoms with Crippen LogP contribution >= 0.6 is 0 Å². The van der Waals surface area contributed by atoms with Crippen LogP contribution in [0.3, 0.4) is 0 Å². The van der Waals surface area contributed by atoms with Gasteiger partial charge in [-0.1, -0.05) is 31.9 Å². The quantitative estimate of drug-likeness (QED) is 0.326. The largest absolute Gasteiger partial charge is 0.397 e. The van der Waals surface area contributed by atoms with E-state index in [4.69, 9.17) is 11.6 Å². The molecule has 14 heavy (non-hydrogen) atoms. The van der Waals surface area contributed by atoms with Crippen LogP contribution in [0, 0.1) is 0 Å². The normalized spacial score (nSPS) is 10.1. The van der Waals surface area contributed by atoms with Gasteiger partial charge < -0.3 is 10.7 Å². The molecule has 0 bridgehead atoms. The maximum atomic E-state index is 5.89. The van der Waals surface area contributed by atoms with Crippen molar-refractivity contribution in [1.82, 2.24) is 0 Å². The summed E-state index contributed by atoms with van der Waals surface area (Å²) in [5.41, 5.74) is 7.47. The van der Waals surface area contributed by atoms with E-state index in [0.29, 0.717) is 0 Å². The van der Waals surface area contributed by atoms with Gasteiger partial charge in [0, 0.05) is 6.54 Å². The highest BCUT2D eigenvalue weighted by atomic mass is 15.4. The Hall–Kier alpha value is -1.22. The first kappa shape index (κ1) is 10.9. The molecule has 0 heterocycles. The average Bonchev–Trinajstić information content (AvgIpc) is 2.18. The van der Waals surface area contributed by atoms with E-state index in [1.54, 1.807) is 5.01 Å². The number of hydrogen-bond donors (Lipinski definition) is 2. The van der Waals surface area contributed by atoms with Gasteiger partial charge in [0.15, 0.2) is 0 Å². The summed E-state index contributed by atoms with van der Waals surface area (Å²) in [7, 11) is 0. The molecule has 0 atom stereocenters. The number of anilines is 2. The van der Waals surface area contributed by atoms with Gasteiger partial charge in [-0.3, -0.25) is 0 Å². The Kier molecular flexibility index (Phi) is 4.26. The third kappa shape index (κ3) is 2.92. The van der Waals surface area contributed by atoms with Crippen molar-refractivity contribution in [3.05, 3.63) is 24.3 Å². The third-order valence-corrected chi connectivity index (χ3v) is 2.25. The van der Waals surface area contributed by atoms with Gasteiger partial charge in [-0.15, -0.1) is 0 Å². The molecule has 3 heteroatoms. The minimum atomic E-state index is 0.742. The second-order valence-corrected chi connectivity index (χ2v) is 3.46. The lowest BCUT2D eigenvalue weighted by Crippen LogP contribution is -2.32. The average molecular weight is 193 g/mol. The highest BCUT2D eigenvalue weighted by Gasteiger charge is 2.03. The van der Waals surface area contributed by atoms with Crippen LogP contribution in [0.5, 0.6) is 0 Å². The van der Waals surface area contributed by atoms with Crippen molar-refractivity contribution in [2.75, 3.05) is 17.3 Å². The summed E-state index contributed by atoms with van der Waals surface area (Å²) in [6, 6.07) is 7.68. The van der Waals surface area contributed by atoms with Crippen molar-refractivity contribution in [2.45, 2.75) is 26.2 Å². The fourth-order valence-electron chi connectivity index (χ4n) is 1.40. The van der Waals surface area contributed by atoms with Crippen molar-refractivity contribution in [1.29, 1.82) is 0 Å². The van der Waals surface area contributed by atoms with Gasteiger partial charge in [0.25, 0.3) is 0 Å². The van der Waals surface area contributed by atoms with Gasteiger partial charge in [0.2, 0.25) is 0 Å². The van der Waals surface area contributed by atoms with Gasteiger partial charge in [0.05, 0.1) is 11.4 Å². The Balaban J connectivity index is 2.51. The molecule has 4 N–H and O–H groups in total. The monoisotopic (exact) mass is 193 g/mol. The van der Waals surface area contributed by atoms with Crippen LogP contribution in [-0.4, -0.2) is 6.54 Å². The van der Waals surface area contributed by atoms with Crippen molar-refractivity contribution in [3.63, 3.8) is 0 Å². The fourth-order valence-corrected chi connectivity index (χ4v) is 1.40. The van der Waals surface area contributed by atoms with E-state index < -0.39 is 0 Å². The van der Waals surface area contributed by atoms with Gasteiger partial charge in [0.1, 0.15) is 0 Å². The lowest BCUT2D eigenvalue weighted by molar-refractivity contribution is 0.689. The molecule has 0 fully saturated rings. The number of nitrogens with zero attached hydrogens (tertiary/aromatic N) is 1. The van der Waals surface area contributed by atoms with Crippen molar-refractivity contribution in [3.8, 4) is 0 Å². The first-order valence-electron chi connectivity index (χ1n) is 5.12. The van der Waals surface area contributed by atoms with E-state index in [1.807, 2.05) is 24.3 Å². The van der Waals surface area contributed by atoms with Crippen LogP contribution < -0.4 is 16.6 Å². The SMILES string of the molecule is CCCCCN(N)c1ccccc1N. The molecule has 0 aliphatic heterocycles. The van der Waals surface area contributed by atoms with Crippen LogP contribution in [0.4, 0.5) is 11.4 Å². The van der Waals surface area contributed by atoms with Gasteiger partial charge in [-0.2, -0.15) is 0 Å². The number of rotatable bonds is 5. The van der Waals surface area contributed by atoms with Crippen LogP contribution in [0.2, 0.25) is 0 Å². The maximum absolute atomic E-state index is 5.89. The molecule has 0 radical (unpaired) electrons. The van der Waals surface area contributed by atoms with E-state index in [9.17, 15) is 0 Å². The molecule has 0 aromatic heterocycles. The zero-order valence-corrected chi connectivity index (χ0v) is 8.74. The zero-order chi connectivity index (χ0) is 10.4. The first-order chi connectivity index (χ1) is 6.75. The topological polar surface area (TPSA) is 55.3 Å². The molecule has 1 rings (SSSR count). The molecule has 0 saturated carbocycles.